The van der Waals surface area contributed by atoms with Crippen LogP contribution in [0.1, 0.15) is 44.7 Å². The number of ketones is 1. The van der Waals surface area contributed by atoms with Gasteiger partial charge in [-0.2, -0.15) is 0 Å². The van der Waals surface area contributed by atoms with Crippen molar-refractivity contribution in [2.75, 3.05) is 12.3 Å². The number of Topliss-reactive ketones (excluding diaryl/α,β-unsaturated/α-hetero) is 1. The normalized spacial score (nSPS) is 13.2. The predicted molar refractivity (Wildman–Crippen MR) is 98.6 cm³/mol. The number of nitrogen functional groups attached to an aromatic ring is 1. The van der Waals surface area contributed by atoms with E-state index in [1.807, 2.05) is 12.1 Å². The fourth-order valence-corrected chi connectivity index (χ4v) is 3.45. The van der Waals surface area contributed by atoms with Crippen LogP contribution in [0.4, 0.5) is 5.69 Å². The van der Waals surface area contributed by atoms with Crippen LogP contribution < -0.4 is 5.73 Å². The van der Waals surface area contributed by atoms with Gasteiger partial charge in [-0.25, -0.2) is 4.79 Å². The predicted octanol–water partition coefficient (Wildman–Crippen LogP) is 4.49. The zero-order chi connectivity index (χ0) is 18.0. The van der Waals surface area contributed by atoms with E-state index in [4.69, 9.17) is 33.7 Å². The molecule has 0 bridgehead atoms. The van der Waals surface area contributed by atoms with Gasteiger partial charge in [0, 0.05) is 10.6 Å². The van der Waals surface area contributed by atoms with Crippen LogP contribution in [0, 0.1) is 0 Å². The molecule has 0 radical (unpaired) electrons. The maximum atomic E-state index is 12.3. The van der Waals surface area contributed by atoms with Crippen LogP contribution in [-0.2, 0) is 17.6 Å². The Balaban J connectivity index is 1.69. The number of carbonyl (C=O) groups is 2. The maximum absolute atomic E-state index is 12.3. The van der Waals surface area contributed by atoms with Crippen molar-refractivity contribution in [3.63, 3.8) is 0 Å². The number of halogens is 2. The van der Waals surface area contributed by atoms with Crippen molar-refractivity contribution < 1.29 is 14.3 Å². The quantitative estimate of drug-likeness (QED) is 0.483. The Labute approximate surface area is 155 Å². The second-order valence-corrected chi connectivity index (χ2v) is 6.88. The molecule has 0 heterocycles. The molecule has 130 valence electrons. The van der Waals surface area contributed by atoms with Crippen molar-refractivity contribution in [2.24, 2.45) is 0 Å². The summed E-state index contributed by atoms with van der Waals surface area (Å²) in [5.74, 6) is -0.985. The van der Waals surface area contributed by atoms with Crippen LogP contribution in [0.3, 0.4) is 0 Å². The zero-order valence-electron chi connectivity index (χ0n) is 13.5. The van der Waals surface area contributed by atoms with Gasteiger partial charge in [0.25, 0.3) is 0 Å². The lowest BCUT2D eigenvalue weighted by atomic mass is 9.90. The van der Waals surface area contributed by atoms with Gasteiger partial charge in [0.05, 0.1) is 16.3 Å². The Morgan fingerprint density at radius 2 is 1.76 bits per heavy atom. The monoisotopic (exact) mass is 377 g/mol. The average molecular weight is 378 g/mol. The number of benzene rings is 2. The highest BCUT2D eigenvalue weighted by Gasteiger charge is 2.18. The van der Waals surface area contributed by atoms with Crippen LogP contribution in [0.5, 0.6) is 0 Å². The molecule has 0 saturated carbocycles. The molecule has 0 fully saturated rings. The highest BCUT2D eigenvalue weighted by atomic mass is 35.5. The summed E-state index contributed by atoms with van der Waals surface area (Å²) in [4.78, 5) is 24.5. The van der Waals surface area contributed by atoms with Gasteiger partial charge in [-0.3, -0.25) is 4.79 Å². The second kappa shape index (κ2) is 7.46. The highest BCUT2D eigenvalue weighted by Crippen LogP contribution is 2.28. The lowest BCUT2D eigenvalue weighted by Gasteiger charge is -2.16. The molecule has 1 aliphatic rings. The minimum absolute atomic E-state index is 0.0516. The SMILES string of the molecule is Nc1c(Cl)cc(Cl)cc1C(=O)OCC(=O)c1ccc2c(c1)CCCC2. The average Bonchev–Trinajstić information content (AvgIpc) is 2.62. The number of anilines is 1. The van der Waals surface area contributed by atoms with Gasteiger partial charge in [-0.05, 0) is 55.0 Å². The topological polar surface area (TPSA) is 69.4 Å². The van der Waals surface area contributed by atoms with Crippen molar-refractivity contribution in [3.8, 4) is 0 Å². The standard InChI is InChI=1S/C19H17Cl2NO3/c20-14-8-15(18(22)16(21)9-14)19(24)25-10-17(23)13-6-5-11-3-1-2-4-12(11)7-13/h5-9H,1-4,10,22H2. The largest absolute Gasteiger partial charge is 0.454 e. The first kappa shape index (κ1) is 17.8. The lowest BCUT2D eigenvalue weighted by molar-refractivity contribution is 0.0476. The van der Waals surface area contributed by atoms with Gasteiger partial charge in [0.2, 0.25) is 0 Å². The Morgan fingerprint density at radius 1 is 1.04 bits per heavy atom. The molecule has 6 heteroatoms. The van der Waals surface area contributed by atoms with E-state index in [0.29, 0.717) is 5.56 Å². The van der Waals surface area contributed by atoms with Crippen molar-refractivity contribution in [1.29, 1.82) is 0 Å². The van der Waals surface area contributed by atoms with Gasteiger partial charge in [-0.1, -0.05) is 35.3 Å². The number of nitrogens with two attached hydrogens (primary N) is 1. The van der Waals surface area contributed by atoms with Crippen LogP contribution in [0.15, 0.2) is 30.3 Å². The molecule has 0 saturated heterocycles. The number of esters is 1. The number of aryl methyl sites for hydroxylation is 2. The van der Waals surface area contributed by atoms with E-state index in [9.17, 15) is 9.59 Å². The molecule has 2 aromatic carbocycles. The van der Waals surface area contributed by atoms with Crippen molar-refractivity contribution in [1.82, 2.24) is 0 Å². The molecular weight excluding hydrogens is 361 g/mol. The second-order valence-electron chi connectivity index (χ2n) is 6.04. The molecule has 0 aromatic heterocycles. The third-order valence-electron chi connectivity index (χ3n) is 4.32. The zero-order valence-corrected chi connectivity index (χ0v) is 15.0. The summed E-state index contributed by atoms with van der Waals surface area (Å²) in [7, 11) is 0. The fourth-order valence-electron chi connectivity index (χ4n) is 2.95. The summed E-state index contributed by atoms with van der Waals surface area (Å²) in [6.07, 6.45) is 4.34. The molecule has 0 atom stereocenters. The van der Waals surface area contributed by atoms with Gasteiger partial charge in [0.1, 0.15) is 0 Å². The molecule has 4 nitrogen and oxygen atoms in total. The summed E-state index contributed by atoms with van der Waals surface area (Å²) in [6, 6.07) is 8.47. The summed E-state index contributed by atoms with van der Waals surface area (Å²) in [5, 5.41) is 0.438. The first-order valence-electron chi connectivity index (χ1n) is 8.02. The van der Waals surface area contributed by atoms with E-state index in [1.54, 1.807) is 6.07 Å². The van der Waals surface area contributed by atoms with Gasteiger partial charge >= 0.3 is 5.97 Å². The fraction of sp³-hybridized carbons (Fsp3) is 0.263. The number of ether oxygens (including phenoxy) is 1. The van der Waals surface area contributed by atoms with E-state index in [-0.39, 0.29) is 33.7 Å². The summed E-state index contributed by atoms with van der Waals surface area (Å²) in [5.41, 5.74) is 8.94. The van der Waals surface area contributed by atoms with Crippen LogP contribution in [0.2, 0.25) is 10.0 Å². The van der Waals surface area contributed by atoms with Gasteiger partial charge < -0.3 is 10.5 Å². The number of hydrogen-bond acceptors (Lipinski definition) is 4. The number of rotatable bonds is 4. The Hall–Kier alpha value is -2.04. The van der Waals surface area contributed by atoms with E-state index in [0.717, 1.165) is 19.3 Å². The molecule has 3 rings (SSSR count). The third-order valence-corrected chi connectivity index (χ3v) is 4.85. The first-order chi connectivity index (χ1) is 12.0. The maximum Gasteiger partial charge on any atom is 0.340 e. The molecule has 0 amide bonds. The highest BCUT2D eigenvalue weighted by molar-refractivity contribution is 6.37. The summed E-state index contributed by atoms with van der Waals surface area (Å²) >= 11 is 11.8. The minimum Gasteiger partial charge on any atom is -0.454 e. The minimum atomic E-state index is -0.729. The Kier molecular flexibility index (Phi) is 5.30. The van der Waals surface area contributed by atoms with Crippen molar-refractivity contribution in [3.05, 3.63) is 62.6 Å². The molecule has 1 aliphatic carbocycles. The molecule has 0 unspecified atom stereocenters. The molecule has 0 aliphatic heterocycles. The number of carbonyl (C=O) groups excluding carboxylic acids is 2. The Bertz CT molecular complexity index is 849. The smallest absolute Gasteiger partial charge is 0.340 e. The van der Waals surface area contributed by atoms with Crippen LogP contribution >= 0.6 is 23.2 Å². The Morgan fingerprint density at radius 3 is 2.52 bits per heavy atom. The molecule has 2 aromatic rings. The van der Waals surface area contributed by atoms with E-state index in [2.05, 4.69) is 0 Å². The van der Waals surface area contributed by atoms with E-state index < -0.39 is 5.97 Å². The molecule has 2 N–H and O–H groups in total. The van der Waals surface area contributed by atoms with E-state index in [1.165, 1.54) is 29.7 Å². The molecular formula is C19H17Cl2NO3. The van der Waals surface area contributed by atoms with Gasteiger partial charge in [-0.15, -0.1) is 0 Å². The first-order valence-corrected chi connectivity index (χ1v) is 8.78. The molecule has 25 heavy (non-hydrogen) atoms. The van der Waals surface area contributed by atoms with E-state index >= 15 is 0 Å². The lowest BCUT2D eigenvalue weighted by Crippen LogP contribution is -2.16. The van der Waals surface area contributed by atoms with Crippen molar-refractivity contribution >= 4 is 40.6 Å². The van der Waals surface area contributed by atoms with Crippen molar-refractivity contribution in [2.45, 2.75) is 25.7 Å². The number of hydrogen-bond donors (Lipinski definition) is 1. The molecule has 0 spiro atoms. The van der Waals surface area contributed by atoms with Gasteiger partial charge in [0.15, 0.2) is 12.4 Å². The summed E-state index contributed by atoms with van der Waals surface area (Å²) < 4.78 is 5.09. The summed E-state index contributed by atoms with van der Waals surface area (Å²) in [6.45, 7) is -0.360. The third kappa shape index (κ3) is 3.97. The van der Waals surface area contributed by atoms with Crippen LogP contribution in [0.25, 0.3) is 0 Å². The number of fused-ring (bicyclic) bond motifs is 1. The van der Waals surface area contributed by atoms with Crippen LogP contribution in [-0.4, -0.2) is 18.4 Å².